The standard InChI is InChI=1S/C23H19NO3/c25-22(16-27-20-13-6-11-17-8-4-5-12-19(17)20)24-23(21-14-7-15-26-21)18-9-2-1-3-10-18/h1-15,23H,16H2,(H,24,25). The Hall–Kier alpha value is -3.53. The van der Waals surface area contributed by atoms with Crippen molar-refractivity contribution in [1.29, 1.82) is 0 Å². The third kappa shape index (κ3) is 3.85. The van der Waals surface area contributed by atoms with Gasteiger partial charge in [0.15, 0.2) is 6.61 Å². The highest BCUT2D eigenvalue weighted by molar-refractivity contribution is 5.88. The Morgan fingerprint density at radius 1 is 0.889 bits per heavy atom. The van der Waals surface area contributed by atoms with E-state index in [1.165, 1.54) is 0 Å². The van der Waals surface area contributed by atoms with E-state index in [2.05, 4.69) is 5.32 Å². The van der Waals surface area contributed by atoms with Crippen LogP contribution in [0.4, 0.5) is 0 Å². The predicted molar refractivity (Wildman–Crippen MR) is 105 cm³/mol. The van der Waals surface area contributed by atoms with Gasteiger partial charge in [-0.3, -0.25) is 4.79 Å². The zero-order valence-electron chi connectivity index (χ0n) is 14.7. The summed E-state index contributed by atoms with van der Waals surface area (Å²) in [4.78, 5) is 12.6. The lowest BCUT2D eigenvalue weighted by Crippen LogP contribution is -2.33. The van der Waals surface area contributed by atoms with Gasteiger partial charge in [-0.15, -0.1) is 0 Å². The molecule has 0 saturated heterocycles. The number of carbonyl (C=O) groups excluding carboxylic acids is 1. The van der Waals surface area contributed by atoms with Gasteiger partial charge in [-0.1, -0.05) is 66.7 Å². The number of ether oxygens (including phenoxy) is 1. The summed E-state index contributed by atoms with van der Waals surface area (Å²) in [5.74, 6) is 1.16. The molecule has 1 N–H and O–H groups in total. The van der Waals surface area contributed by atoms with Crippen LogP contribution in [-0.2, 0) is 4.79 Å². The molecule has 134 valence electrons. The van der Waals surface area contributed by atoms with Gasteiger partial charge in [0.2, 0.25) is 0 Å². The van der Waals surface area contributed by atoms with Gasteiger partial charge < -0.3 is 14.5 Å². The molecule has 0 aliphatic heterocycles. The summed E-state index contributed by atoms with van der Waals surface area (Å²) in [7, 11) is 0. The van der Waals surface area contributed by atoms with E-state index in [4.69, 9.17) is 9.15 Å². The van der Waals surface area contributed by atoms with Crippen molar-refractivity contribution in [3.63, 3.8) is 0 Å². The number of benzene rings is 3. The molecule has 0 saturated carbocycles. The van der Waals surface area contributed by atoms with Crippen LogP contribution in [-0.4, -0.2) is 12.5 Å². The molecule has 0 bridgehead atoms. The van der Waals surface area contributed by atoms with Crippen molar-refractivity contribution in [3.05, 3.63) is 103 Å². The molecule has 0 spiro atoms. The summed E-state index contributed by atoms with van der Waals surface area (Å²) >= 11 is 0. The van der Waals surface area contributed by atoms with Crippen molar-refractivity contribution in [2.24, 2.45) is 0 Å². The molecule has 0 radical (unpaired) electrons. The molecular formula is C23H19NO3. The lowest BCUT2D eigenvalue weighted by Gasteiger charge is -2.17. The topological polar surface area (TPSA) is 51.5 Å². The second kappa shape index (κ2) is 7.79. The van der Waals surface area contributed by atoms with E-state index in [9.17, 15) is 4.79 Å². The maximum Gasteiger partial charge on any atom is 0.258 e. The van der Waals surface area contributed by atoms with E-state index < -0.39 is 0 Å². The molecule has 4 rings (SSSR count). The van der Waals surface area contributed by atoms with Crippen LogP contribution >= 0.6 is 0 Å². The van der Waals surface area contributed by atoms with Gasteiger partial charge in [-0.2, -0.15) is 0 Å². The Kier molecular flexibility index (Phi) is 4.88. The second-order valence-corrected chi connectivity index (χ2v) is 6.19. The van der Waals surface area contributed by atoms with E-state index in [0.717, 1.165) is 16.3 Å². The van der Waals surface area contributed by atoms with Gasteiger partial charge in [-0.25, -0.2) is 0 Å². The average Bonchev–Trinajstić information content (AvgIpc) is 3.25. The molecule has 1 atom stereocenters. The maximum atomic E-state index is 12.6. The van der Waals surface area contributed by atoms with Crippen molar-refractivity contribution < 1.29 is 13.9 Å². The summed E-state index contributed by atoms with van der Waals surface area (Å²) in [5.41, 5.74) is 0.950. The van der Waals surface area contributed by atoms with Crippen LogP contribution in [0.25, 0.3) is 10.8 Å². The molecule has 0 fully saturated rings. The first-order valence-corrected chi connectivity index (χ1v) is 8.79. The zero-order valence-corrected chi connectivity index (χ0v) is 14.7. The quantitative estimate of drug-likeness (QED) is 0.543. The molecule has 4 aromatic rings. The van der Waals surface area contributed by atoms with Crippen molar-refractivity contribution in [3.8, 4) is 5.75 Å². The molecule has 1 unspecified atom stereocenters. The number of carbonyl (C=O) groups is 1. The molecule has 4 heteroatoms. The minimum atomic E-state index is -0.357. The number of fused-ring (bicyclic) bond motifs is 1. The Bertz CT molecular complexity index is 1020. The van der Waals surface area contributed by atoms with Crippen LogP contribution in [0.5, 0.6) is 5.75 Å². The van der Waals surface area contributed by atoms with E-state index >= 15 is 0 Å². The molecule has 1 heterocycles. The molecule has 27 heavy (non-hydrogen) atoms. The number of hydrogen-bond acceptors (Lipinski definition) is 3. The monoisotopic (exact) mass is 357 g/mol. The molecule has 1 amide bonds. The Morgan fingerprint density at radius 2 is 1.67 bits per heavy atom. The third-order valence-corrected chi connectivity index (χ3v) is 4.37. The van der Waals surface area contributed by atoms with E-state index in [1.54, 1.807) is 6.26 Å². The molecular weight excluding hydrogens is 338 g/mol. The van der Waals surface area contributed by atoms with Crippen LogP contribution in [0, 0.1) is 0 Å². The summed E-state index contributed by atoms with van der Waals surface area (Å²) in [6, 6.07) is 26.8. The highest BCUT2D eigenvalue weighted by Gasteiger charge is 2.19. The first kappa shape index (κ1) is 16.9. The van der Waals surface area contributed by atoms with Crippen LogP contribution in [0.1, 0.15) is 17.4 Å². The van der Waals surface area contributed by atoms with Crippen molar-refractivity contribution in [2.45, 2.75) is 6.04 Å². The number of furan rings is 1. The fourth-order valence-electron chi connectivity index (χ4n) is 3.09. The summed E-state index contributed by atoms with van der Waals surface area (Å²) < 4.78 is 11.3. The van der Waals surface area contributed by atoms with Gasteiger partial charge in [0.25, 0.3) is 5.91 Å². The summed E-state index contributed by atoms with van der Waals surface area (Å²) in [5, 5.41) is 5.06. The number of nitrogens with one attached hydrogen (secondary N) is 1. The minimum Gasteiger partial charge on any atom is -0.483 e. The van der Waals surface area contributed by atoms with Crippen LogP contribution in [0.3, 0.4) is 0 Å². The van der Waals surface area contributed by atoms with Crippen LogP contribution < -0.4 is 10.1 Å². The second-order valence-electron chi connectivity index (χ2n) is 6.19. The van der Waals surface area contributed by atoms with Gasteiger partial charge in [0.05, 0.1) is 6.26 Å². The number of rotatable bonds is 6. The van der Waals surface area contributed by atoms with E-state index in [1.807, 2.05) is 84.9 Å². The van der Waals surface area contributed by atoms with Crippen molar-refractivity contribution in [2.75, 3.05) is 6.61 Å². The normalized spacial score (nSPS) is 11.9. The first-order chi connectivity index (χ1) is 13.3. The Morgan fingerprint density at radius 3 is 2.48 bits per heavy atom. The molecule has 0 aliphatic rings. The average molecular weight is 357 g/mol. The highest BCUT2D eigenvalue weighted by atomic mass is 16.5. The van der Waals surface area contributed by atoms with Gasteiger partial charge in [-0.05, 0) is 29.1 Å². The number of amides is 1. The minimum absolute atomic E-state index is 0.0714. The van der Waals surface area contributed by atoms with Crippen LogP contribution in [0.15, 0.2) is 95.6 Å². The van der Waals surface area contributed by atoms with Gasteiger partial charge >= 0.3 is 0 Å². The molecule has 3 aromatic carbocycles. The maximum absolute atomic E-state index is 12.6. The largest absolute Gasteiger partial charge is 0.483 e. The third-order valence-electron chi connectivity index (χ3n) is 4.37. The van der Waals surface area contributed by atoms with Crippen LogP contribution in [0.2, 0.25) is 0 Å². The summed E-state index contributed by atoms with van der Waals surface area (Å²) in [6.45, 7) is -0.0714. The molecule has 4 nitrogen and oxygen atoms in total. The first-order valence-electron chi connectivity index (χ1n) is 8.79. The van der Waals surface area contributed by atoms with Crippen molar-refractivity contribution >= 4 is 16.7 Å². The van der Waals surface area contributed by atoms with E-state index in [-0.39, 0.29) is 18.6 Å². The summed E-state index contributed by atoms with van der Waals surface area (Å²) in [6.07, 6.45) is 1.60. The fourth-order valence-corrected chi connectivity index (χ4v) is 3.09. The predicted octanol–water partition coefficient (Wildman–Crippen LogP) is 4.72. The van der Waals surface area contributed by atoms with Gasteiger partial charge in [0.1, 0.15) is 17.6 Å². The lowest BCUT2D eigenvalue weighted by atomic mass is 10.0. The van der Waals surface area contributed by atoms with Gasteiger partial charge in [0, 0.05) is 5.39 Å². The Labute approximate surface area is 157 Å². The number of hydrogen-bond donors (Lipinski definition) is 1. The Balaban J connectivity index is 1.49. The van der Waals surface area contributed by atoms with E-state index in [0.29, 0.717) is 11.5 Å². The van der Waals surface area contributed by atoms with Crippen molar-refractivity contribution in [1.82, 2.24) is 5.32 Å². The fraction of sp³-hybridized carbons (Fsp3) is 0.0870. The molecule has 0 aliphatic carbocycles. The SMILES string of the molecule is O=C(COc1cccc2ccccc12)NC(c1ccccc1)c1ccco1. The lowest BCUT2D eigenvalue weighted by molar-refractivity contribution is -0.123. The smallest absolute Gasteiger partial charge is 0.258 e. The molecule has 1 aromatic heterocycles. The highest BCUT2D eigenvalue weighted by Crippen LogP contribution is 2.25. The zero-order chi connectivity index (χ0) is 18.5.